The van der Waals surface area contributed by atoms with Crippen LogP contribution in [-0.2, 0) is 10.0 Å². The molecule has 1 fully saturated rings. The highest BCUT2D eigenvalue weighted by Crippen LogP contribution is 2.39. The Balaban J connectivity index is 2.23. The van der Waals surface area contributed by atoms with E-state index in [1.807, 2.05) is 6.92 Å². The summed E-state index contributed by atoms with van der Waals surface area (Å²) in [6.07, 6.45) is 3.10. The van der Waals surface area contributed by atoms with Crippen LogP contribution in [0.5, 0.6) is 0 Å². The summed E-state index contributed by atoms with van der Waals surface area (Å²) in [4.78, 5) is 10.3. The third-order valence-corrected chi connectivity index (χ3v) is 5.39. The molecule has 1 aromatic rings. The number of nitro benzene ring substituents is 1. The lowest BCUT2D eigenvalue weighted by atomic mass is 9.71. The van der Waals surface area contributed by atoms with Gasteiger partial charge >= 0.3 is 0 Å². The van der Waals surface area contributed by atoms with Crippen molar-refractivity contribution in [3.05, 3.63) is 28.3 Å². The van der Waals surface area contributed by atoms with Crippen LogP contribution >= 0.6 is 0 Å². The third kappa shape index (κ3) is 3.33. The third-order valence-electron chi connectivity index (χ3n) is 4.00. The Labute approximate surface area is 123 Å². The Kier molecular flexibility index (Phi) is 4.20. The minimum Gasteiger partial charge on any atom is -0.383 e. The minimum atomic E-state index is -3.73. The molecule has 7 nitrogen and oxygen atoms in total. The van der Waals surface area contributed by atoms with Gasteiger partial charge in [0.25, 0.3) is 5.69 Å². The molecule has 0 heterocycles. The number of benzene rings is 1. The Hall–Kier alpha value is -1.67. The summed E-state index contributed by atoms with van der Waals surface area (Å²) in [5.74, 6) is 0. The second-order valence-corrected chi connectivity index (χ2v) is 7.44. The molecule has 0 radical (unpaired) electrons. The molecule has 8 heteroatoms. The van der Waals surface area contributed by atoms with Crippen molar-refractivity contribution in [1.29, 1.82) is 0 Å². The molecule has 1 aliphatic carbocycles. The second kappa shape index (κ2) is 5.61. The maximum Gasteiger partial charge on any atom is 0.293 e. The Bertz CT molecular complexity index is 653. The van der Waals surface area contributed by atoms with Crippen molar-refractivity contribution in [3.63, 3.8) is 0 Å². The van der Waals surface area contributed by atoms with Gasteiger partial charge in [0.1, 0.15) is 5.69 Å². The zero-order valence-electron chi connectivity index (χ0n) is 12.0. The summed E-state index contributed by atoms with van der Waals surface area (Å²) in [7, 11) is -2.19. The number of hydrogen-bond donors (Lipinski definition) is 2. The van der Waals surface area contributed by atoms with Gasteiger partial charge in [-0.05, 0) is 30.4 Å². The predicted octanol–water partition coefficient (Wildman–Crippen LogP) is 2.10. The second-order valence-electron chi connectivity index (χ2n) is 5.67. The molecule has 0 bridgehead atoms. The van der Waals surface area contributed by atoms with E-state index in [0.29, 0.717) is 6.54 Å². The lowest BCUT2D eigenvalue weighted by Crippen LogP contribution is -2.39. The molecule has 1 saturated carbocycles. The molecule has 0 amide bonds. The van der Waals surface area contributed by atoms with Gasteiger partial charge < -0.3 is 5.32 Å². The van der Waals surface area contributed by atoms with Crippen molar-refractivity contribution in [3.8, 4) is 0 Å². The molecule has 2 N–H and O–H groups in total. The minimum absolute atomic E-state index is 0.00389. The number of rotatable bonds is 6. The number of sulfonamides is 1. The summed E-state index contributed by atoms with van der Waals surface area (Å²) < 4.78 is 27.0. The standard InChI is InChI=1S/C13H19N3O4S/c1-13(6-3-7-13)9-15-21(19,20)10-4-5-11(14-2)12(8-10)16(17)18/h4-5,8,14-15H,3,6-7,9H2,1-2H3. The molecular weight excluding hydrogens is 294 g/mol. The zero-order valence-corrected chi connectivity index (χ0v) is 12.9. The molecule has 0 saturated heterocycles. The first-order valence-electron chi connectivity index (χ1n) is 6.73. The van der Waals surface area contributed by atoms with E-state index < -0.39 is 14.9 Å². The van der Waals surface area contributed by atoms with Crippen molar-refractivity contribution >= 4 is 21.4 Å². The highest BCUT2D eigenvalue weighted by molar-refractivity contribution is 7.89. The van der Waals surface area contributed by atoms with E-state index >= 15 is 0 Å². The molecule has 0 aromatic heterocycles. The average Bonchev–Trinajstić information content (AvgIpc) is 2.42. The highest BCUT2D eigenvalue weighted by Gasteiger charge is 2.33. The van der Waals surface area contributed by atoms with Crippen LogP contribution < -0.4 is 10.0 Å². The van der Waals surface area contributed by atoms with Gasteiger partial charge in [-0.3, -0.25) is 10.1 Å². The molecule has 2 rings (SSSR count). The van der Waals surface area contributed by atoms with Crippen LogP contribution in [0.3, 0.4) is 0 Å². The van der Waals surface area contributed by atoms with E-state index in [0.717, 1.165) is 25.3 Å². The topological polar surface area (TPSA) is 101 Å². The van der Waals surface area contributed by atoms with Gasteiger partial charge in [0.15, 0.2) is 0 Å². The first-order valence-corrected chi connectivity index (χ1v) is 8.22. The number of nitro groups is 1. The van der Waals surface area contributed by atoms with Crippen LogP contribution in [-0.4, -0.2) is 26.9 Å². The van der Waals surface area contributed by atoms with Gasteiger partial charge in [-0.1, -0.05) is 13.3 Å². The number of nitrogens with one attached hydrogen (secondary N) is 2. The quantitative estimate of drug-likeness (QED) is 0.618. The molecule has 116 valence electrons. The Morgan fingerprint density at radius 1 is 1.38 bits per heavy atom. The Morgan fingerprint density at radius 2 is 2.05 bits per heavy atom. The predicted molar refractivity (Wildman–Crippen MR) is 79.8 cm³/mol. The normalized spacial score (nSPS) is 17.0. The fourth-order valence-electron chi connectivity index (χ4n) is 2.35. The highest BCUT2D eigenvalue weighted by atomic mass is 32.2. The van der Waals surface area contributed by atoms with Crippen molar-refractivity contribution < 1.29 is 13.3 Å². The van der Waals surface area contributed by atoms with Gasteiger partial charge in [0.2, 0.25) is 10.0 Å². The van der Waals surface area contributed by atoms with Gasteiger partial charge in [-0.2, -0.15) is 0 Å². The number of anilines is 1. The monoisotopic (exact) mass is 313 g/mol. The van der Waals surface area contributed by atoms with E-state index in [2.05, 4.69) is 10.0 Å². The van der Waals surface area contributed by atoms with Crippen molar-refractivity contribution in [2.75, 3.05) is 18.9 Å². The van der Waals surface area contributed by atoms with Crippen molar-refractivity contribution in [1.82, 2.24) is 4.72 Å². The van der Waals surface area contributed by atoms with Crippen LogP contribution in [0.2, 0.25) is 0 Å². The molecule has 0 atom stereocenters. The van der Waals surface area contributed by atoms with Crippen LogP contribution in [0.15, 0.2) is 23.1 Å². The van der Waals surface area contributed by atoms with Crippen LogP contribution in [0.25, 0.3) is 0 Å². The van der Waals surface area contributed by atoms with Gasteiger partial charge in [-0.15, -0.1) is 0 Å². The van der Waals surface area contributed by atoms with E-state index in [-0.39, 0.29) is 21.7 Å². The van der Waals surface area contributed by atoms with Crippen LogP contribution in [0, 0.1) is 15.5 Å². The Morgan fingerprint density at radius 3 is 2.52 bits per heavy atom. The number of hydrogen-bond acceptors (Lipinski definition) is 5. The molecular formula is C13H19N3O4S. The first kappa shape index (κ1) is 15.7. The largest absolute Gasteiger partial charge is 0.383 e. The van der Waals surface area contributed by atoms with E-state index in [9.17, 15) is 18.5 Å². The SMILES string of the molecule is CNc1ccc(S(=O)(=O)NCC2(C)CCC2)cc1[N+](=O)[O-]. The van der Waals surface area contributed by atoms with E-state index in [1.165, 1.54) is 12.1 Å². The fraction of sp³-hybridized carbons (Fsp3) is 0.538. The van der Waals surface area contributed by atoms with E-state index in [4.69, 9.17) is 0 Å². The maximum absolute atomic E-state index is 12.2. The average molecular weight is 313 g/mol. The maximum atomic E-state index is 12.2. The van der Waals surface area contributed by atoms with Crippen LogP contribution in [0.4, 0.5) is 11.4 Å². The van der Waals surface area contributed by atoms with Gasteiger partial charge in [-0.25, -0.2) is 13.1 Å². The lowest BCUT2D eigenvalue weighted by Gasteiger charge is -2.38. The van der Waals surface area contributed by atoms with Gasteiger partial charge in [0, 0.05) is 19.7 Å². The summed E-state index contributed by atoms with van der Waals surface area (Å²) in [5, 5.41) is 13.7. The summed E-state index contributed by atoms with van der Waals surface area (Å²) in [6, 6.07) is 3.85. The molecule has 0 aliphatic heterocycles. The van der Waals surface area contributed by atoms with Gasteiger partial charge in [0.05, 0.1) is 9.82 Å². The summed E-state index contributed by atoms with van der Waals surface area (Å²) >= 11 is 0. The zero-order chi connectivity index (χ0) is 15.7. The molecule has 0 spiro atoms. The fourth-order valence-corrected chi connectivity index (χ4v) is 3.57. The van der Waals surface area contributed by atoms with E-state index in [1.54, 1.807) is 7.05 Å². The smallest absolute Gasteiger partial charge is 0.293 e. The first-order chi connectivity index (χ1) is 9.77. The molecule has 1 aliphatic rings. The molecule has 21 heavy (non-hydrogen) atoms. The number of nitrogens with zero attached hydrogens (tertiary/aromatic N) is 1. The molecule has 1 aromatic carbocycles. The van der Waals surface area contributed by atoms with Crippen molar-refractivity contribution in [2.24, 2.45) is 5.41 Å². The molecule has 0 unspecified atom stereocenters. The summed E-state index contributed by atoms with van der Waals surface area (Å²) in [6.45, 7) is 2.39. The van der Waals surface area contributed by atoms with Crippen LogP contribution in [0.1, 0.15) is 26.2 Å². The lowest BCUT2D eigenvalue weighted by molar-refractivity contribution is -0.384. The van der Waals surface area contributed by atoms with Crippen molar-refractivity contribution in [2.45, 2.75) is 31.1 Å². The summed E-state index contributed by atoms with van der Waals surface area (Å²) in [5.41, 5.74) is 0.0318.